The van der Waals surface area contributed by atoms with Crippen LogP contribution >= 0.6 is 11.3 Å². The Morgan fingerprint density at radius 2 is 1.73 bits per heavy atom. The fraction of sp³-hybridized carbons (Fsp3) is 0.250. The van der Waals surface area contributed by atoms with Crippen LogP contribution in [0.4, 0.5) is 0 Å². The summed E-state index contributed by atoms with van der Waals surface area (Å²) in [5.41, 5.74) is 5.69. The Bertz CT molecular complexity index is 1460. The lowest BCUT2D eigenvalue weighted by molar-refractivity contribution is 0.0358. The average molecular weight is 511 g/mol. The smallest absolute Gasteiger partial charge is 0.178 e. The molecule has 5 heterocycles. The highest BCUT2D eigenvalue weighted by molar-refractivity contribution is 7.13. The maximum atomic E-state index is 5.96. The normalized spacial score (nSPS) is 14.2. The van der Waals surface area contributed by atoms with Gasteiger partial charge in [0.05, 0.1) is 24.7 Å². The van der Waals surface area contributed by atoms with Crippen LogP contribution in [-0.2, 0) is 4.74 Å². The molecular weight excluding hydrogens is 484 g/mol. The first-order valence-electron chi connectivity index (χ1n) is 12.3. The SMILES string of the molecule is c1csc(-c2nc3ncc(-c4ccc(OCCCN5CCOCC5)cc4)cc3nc2-c2cncnc2)c1. The van der Waals surface area contributed by atoms with Crippen LogP contribution in [0.1, 0.15) is 6.42 Å². The van der Waals surface area contributed by atoms with Crippen molar-refractivity contribution in [2.24, 2.45) is 0 Å². The number of nitrogens with zero attached hydrogens (tertiary/aromatic N) is 6. The number of thiophene rings is 1. The van der Waals surface area contributed by atoms with E-state index in [-0.39, 0.29) is 0 Å². The number of fused-ring (bicyclic) bond motifs is 1. The molecule has 9 heteroatoms. The minimum absolute atomic E-state index is 0.605. The summed E-state index contributed by atoms with van der Waals surface area (Å²) >= 11 is 1.62. The van der Waals surface area contributed by atoms with Gasteiger partial charge in [-0.3, -0.25) is 4.90 Å². The molecule has 1 saturated heterocycles. The second-order valence-electron chi connectivity index (χ2n) is 8.77. The monoisotopic (exact) mass is 510 g/mol. The molecule has 0 spiro atoms. The van der Waals surface area contributed by atoms with Gasteiger partial charge in [-0.05, 0) is 41.6 Å². The first-order valence-corrected chi connectivity index (χ1v) is 13.2. The van der Waals surface area contributed by atoms with Crippen molar-refractivity contribution in [3.05, 3.63) is 72.8 Å². The third-order valence-electron chi connectivity index (χ3n) is 6.29. The zero-order valence-electron chi connectivity index (χ0n) is 20.3. The summed E-state index contributed by atoms with van der Waals surface area (Å²) in [6.07, 6.45) is 7.88. The molecule has 186 valence electrons. The van der Waals surface area contributed by atoms with E-state index >= 15 is 0 Å². The van der Waals surface area contributed by atoms with Crippen molar-refractivity contribution in [1.82, 2.24) is 29.8 Å². The topological polar surface area (TPSA) is 86.2 Å². The molecule has 37 heavy (non-hydrogen) atoms. The zero-order chi connectivity index (χ0) is 24.9. The molecule has 0 atom stereocenters. The summed E-state index contributed by atoms with van der Waals surface area (Å²) in [4.78, 5) is 26.3. The van der Waals surface area contributed by atoms with Crippen LogP contribution in [0.5, 0.6) is 5.75 Å². The minimum atomic E-state index is 0.605. The molecule has 8 nitrogen and oxygen atoms in total. The van der Waals surface area contributed by atoms with Gasteiger partial charge in [0.15, 0.2) is 5.65 Å². The van der Waals surface area contributed by atoms with E-state index in [0.29, 0.717) is 12.3 Å². The molecule has 0 saturated carbocycles. The number of rotatable bonds is 8. The highest BCUT2D eigenvalue weighted by Gasteiger charge is 2.16. The number of benzene rings is 1. The van der Waals surface area contributed by atoms with Crippen LogP contribution in [0.25, 0.3) is 44.1 Å². The van der Waals surface area contributed by atoms with E-state index in [1.54, 1.807) is 23.7 Å². The Morgan fingerprint density at radius 3 is 2.51 bits per heavy atom. The number of hydrogen-bond acceptors (Lipinski definition) is 9. The van der Waals surface area contributed by atoms with Gasteiger partial charge in [-0.25, -0.2) is 24.9 Å². The molecule has 1 aliphatic rings. The standard InChI is InChI=1S/C28H26N6O2S/c1-3-25(37-14-1)27-26(22-16-29-19-30-17-22)32-24-15-21(18-31-28(24)33-27)20-4-6-23(7-5-20)36-11-2-8-34-9-12-35-13-10-34/h1,3-7,14-19H,2,8-13H2. The average Bonchev–Trinajstić information content (AvgIpc) is 3.51. The Morgan fingerprint density at radius 1 is 0.892 bits per heavy atom. The van der Waals surface area contributed by atoms with Crippen LogP contribution in [-0.4, -0.2) is 69.3 Å². The lowest BCUT2D eigenvalue weighted by Gasteiger charge is -2.26. The summed E-state index contributed by atoms with van der Waals surface area (Å²) in [6, 6.07) is 14.2. The van der Waals surface area contributed by atoms with Gasteiger partial charge in [0, 0.05) is 49.4 Å². The Hall–Kier alpha value is -3.79. The highest BCUT2D eigenvalue weighted by atomic mass is 32.1. The number of hydrogen-bond donors (Lipinski definition) is 0. The van der Waals surface area contributed by atoms with E-state index < -0.39 is 0 Å². The summed E-state index contributed by atoms with van der Waals surface area (Å²) in [5, 5.41) is 2.03. The molecule has 1 aliphatic heterocycles. The van der Waals surface area contributed by atoms with E-state index in [0.717, 1.165) is 83.5 Å². The molecule has 6 rings (SSSR count). The molecule has 0 amide bonds. The summed E-state index contributed by atoms with van der Waals surface area (Å²) in [7, 11) is 0. The minimum Gasteiger partial charge on any atom is -0.494 e. The van der Waals surface area contributed by atoms with Gasteiger partial charge in [0.25, 0.3) is 0 Å². The predicted octanol–water partition coefficient (Wildman–Crippen LogP) is 4.98. The summed E-state index contributed by atoms with van der Waals surface area (Å²) in [5.74, 6) is 0.867. The number of pyridine rings is 1. The number of morpholine rings is 1. The van der Waals surface area contributed by atoms with Gasteiger partial charge in [-0.1, -0.05) is 18.2 Å². The van der Waals surface area contributed by atoms with Crippen LogP contribution in [0, 0.1) is 0 Å². The Balaban J connectivity index is 1.21. The second kappa shape index (κ2) is 11.1. The zero-order valence-corrected chi connectivity index (χ0v) is 21.1. The van der Waals surface area contributed by atoms with Gasteiger partial charge in [-0.2, -0.15) is 0 Å². The lowest BCUT2D eigenvalue weighted by atomic mass is 10.1. The van der Waals surface area contributed by atoms with Crippen LogP contribution in [0.15, 0.2) is 72.8 Å². The van der Waals surface area contributed by atoms with Gasteiger partial charge >= 0.3 is 0 Å². The third kappa shape index (κ3) is 5.48. The largest absolute Gasteiger partial charge is 0.494 e. The van der Waals surface area contributed by atoms with Crippen LogP contribution in [0.3, 0.4) is 0 Å². The highest BCUT2D eigenvalue weighted by Crippen LogP contribution is 2.33. The van der Waals surface area contributed by atoms with E-state index in [2.05, 4.69) is 32.0 Å². The fourth-order valence-corrected chi connectivity index (χ4v) is 5.07. The molecule has 4 aromatic heterocycles. The molecule has 5 aromatic rings. The van der Waals surface area contributed by atoms with E-state index in [9.17, 15) is 0 Å². The molecule has 0 unspecified atom stereocenters. The second-order valence-corrected chi connectivity index (χ2v) is 9.72. The van der Waals surface area contributed by atoms with Crippen molar-refractivity contribution in [3.8, 4) is 38.7 Å². The number of ether oxygens (including phenoxy) is 2. The molecule has 0 aliphatic carbocycles. The molecule has 0 radical (unpaired) electrons. The fourth-order valence-electron chi connectivity index (χ4n) is 4.36. The third-order valence-corrected chi connectivity index (χ3v) is 7.17. The molecular formula is C28H26N6O2S. The maximum absolute atomic E-state index is 5.96. The van der Waals surface area contributed by atoms with Crippen molar-refractivity contribution < 1.29 is 9.47 Å². The van der Waals surface area contributed by atoms with E-state index in [1.165, 1.54) is 6.33 Å². The van der Waals surface area contributed by atoms with Crippen LogP contribution < -0.4 is 4.74 Å². The summed E-state index contributed by atoms with van der Waals surface area (Å²) in [6.45, 7) is 5.41. The molecule has 0 N–H and O–H groups in total. The van der Waals surface area contributed by atoms with Crippen molar-refractivity contribution in [2.45, 2.75) is 6.42 Å². The first-order chi connectivity index (χ1) is 18.3. The number of aromatic nitrogens is 5. The van der Waals surface area contributed by atoms with Crippen molar-refractivity contribution in [2.75, 3.05) is 39.5 Å². The van der Waals surface area contributed by atoms with Crippen molar-refractivity contribution in [3.63, 3.8) is 0 Å². The van der Waals surface area contributed by atoms with Gasteiger partial charge < -0.3 is 9.47 Å². The first kappa shape index (κ1) is 23.6. The van der Waals surface area contributed by atoms with Gasteiger partial charge in [-0.15, -0.1) is 11.3 Å². The van der Waals surface area contributed by atoms with Gasteiger partial charge in [0.1, 0.15) is 29.0 Å². The lowest BCUT2D eigenvalue weighted by Crippen LogP contribution is -2.37. The van der Waals surface area contributed by atoms with Crippen molar-refractivity contribution in [1.29, 1.82) is 0 Å². The van der Waals surface area contributed by atoms with Gasteiger partial charge in [0.2, 0.25) is 0 Å². The predicted molar refractivity (Wildman–Crippen MR) is 144 cm³/mol. The molecule has 0 bridgehead atoms. The Labute approximate surface area is 219 Å². The molecule has 1 aromatic carbocycles. The molecule has 1 fully saturated rings. The maximum Gasteiger partial charge on any atom is 0.178 e. The van der Waals surface area contributed by atoms with E-state index in [4.69, 9.17) is 19.4 Å². The quantitative estimate of drug-likeness (QED) is 0.270. The summed E-state index contributed by atoms with van der Waals surface area (Å²) < 4.78 is 11.4. The Kier molecular flexibility index (Phi) is 7.07. The van der Waals surface area contributed by atoms with Crippen LogP contribution in [0.2, 0.25) is 0 Å². The van der Waals surface area contributed by atoms with Crippen molar-refractivity contribution >= 4 is 22.5 Å². The van der Waals surface area contributed by atoms with E-state index in [1.807, 2.05) is 41.9 Å².